The van der Waals surface area contributed by atoms with Crippen LogP contribution in [0.15, 0.2) is 16.6 Å². The van der Waals surface area contributed by atoms with Crippen molar-refractivity contribution < 1.29 is 9.47 Å². The zero-order valence-electron chi connectivity index (χ0n) is 13.1. The highest BCUT2D eigenvalue weighted by Gasteiger charge is 2.23. The Labute approximate surface area is 135 Å². The zero-order valence-corrected chi connectivity index (χ0v) is 14.6. The number of methoxy groups -OCH3 is 2. The Balaban J connectivity index is 2.14. The number of piperidine rings is 1. The van der Waals surface area contributed by atoms with Gasteiger partial charge in [-0.2, -0.15) is 0 Å². The third-order valence-corrected chi connectivity index (χ3v) is 4.85. The molecule has 0 aliphatic carbocycles. The minimum atomic E-state index is 0.258. The summed E-state index contributed by atoms with van der Waals surface area (Å²) < 4.78 is 11.8. The molecule has 5 heteroatoms. The highest BCUT2D eigenvalue weighted by Crippen LogP contribution is 2.34. The Hall–Kier alpha value is -0.780. The maximum Gasteiger partial charge on any atom is 0.133 e. The summed E-state index contributed by atoms with van der Waals surface area (Å²) in [5, 5.41) is 0. The van der Waals surface area contributed by atoms with Gasteiger partial charge in [0.05, 0.1) is 18.7 Å². The van der Waals surface area contributed by atoms with E-state index in [-0.39, 0.29) is 6.04 Å². The van der Waals surface area contributed by atoms with Crippen molar-refractivity contribution >= 4 is 15.9 Å². The summed E-state index contributed by atoms with van der Waals surface area (Å²) in [5.41, 5.74) is 7.22. The first kappa shape index (κ1) is 16.6. The summed E-state index contributed by atoms with van der Waals surface area (Å²) in [6.07, 6.45) is 2.44. The minimum absolute atomic E-state index is 0.258. The van der Waals surface area contributed by atoms with Gasteiger partial charge in [-0.3, -0.25) is 4.90 Å². The van der Waals surface area contributed by atoms with Crippen LogP contribution in [0.1, 0.15) is 25.3 Å². The Morgan fingerprint density at radius 2 is 2.05 bits per heavy atom. The quantitative estimate of drug-likeness (QED) is 0.880. The first-order valence-electron chi connectivity index (χ1n) is 7.43. The molecule has 0 saturated carbocycles. The van der Waals surface area contributed by atoms with Crippen molar-refractivity contribution in [2.45, 2.75) is 32.4 Å². The zero-order chi connectivity index (χ0) is 15.4. The third kappa shape index (κ3) is 4.11. The molecule has 1 aliphatic heterocycles. The summed E-state index contributed by atoms with van der Waals surface area (Å²) in [5.74, 6) is 2.32. The molecule has 1 aromatic rings. The third-order valence-electron chi connectivity index (χ3n) is 4.23. The van der Waals surface area contributed by atoms with Crippen LogP contribution in [0.3, 0.4) is 0 Å². The number of ether oxygens (including phenoxy) is 2. The van der Waals surface area contributed by atoms with E-state index in [4.69, 9.17) is 15.2 Å². The topological polar surface area (TPSA) is 47.7 Å². The lowest BCUT2D eigenvalue weighted by Crippen LogP contribution is -2.41. The second-order valence-electron chi connectivity index (χ2n) is 5.80. The van der Waals surface area contributed by atoms with Gasteiger partial charge in [-0.25, -0.2) is 0 Å². The number of benzene rings is 1. The first-order valence-corrected chi connectivity index (χ1v) is 8.22. The second-order valence-corrected chi connectivity index (χ2v) is 6.65. The van der Waals surface area contributed by atoms with Crippen LogP contribution in [0.25, 0.3) is 0 Å². The lowest BCUT2D eigenvalue weighted by Gasteiger charge is -2.34. The number of halogens is 1. The fraction of sp³-hybridized carbons (Fsp3) is 0.625. The summed E-state index contributed by atoms with van der Waals surface area (Å²) in [7, 11) is 3.39. The Morgan fingerprint density at radius 1 is 1.33 bits per heavy atom. The minimum Gasteiger partial charge on any atom is -0.496 e. The predicted octanol–water partition coefficient (Wildman–Crippen LogP) is 3.03. The van der Waals surface area contributed by atoms with Crippen molar-refractivity contribution in [3.05, 3.63) is 22.2 Å². The van der Waals surface area contributed by atoms with Crippen LogP contribution in [0.2, 0.25) is 0 Å². The second kappa shape index (κ2) is 7.47. The monoisotopic (exact) mass is 356 g/mol. The van der Waals surface area contributed by atoms with E-state index in [2.05, 4.69) is 33.8 Å². The molecule has 118 valence electrons. The molecule has 0 aromatic heterocycles. The molecule has 0 radical (unpaired) electrons. The van der Waals surface area contributed by atoms with Crippen molar-refractivity contribution in [2.24, 2.45) is 11.7 Å². The fourth-order valence-electron chi connectivity index (χ4n) is 2.95. The van der Waals surface area contributed by atoms with Crippen LogP contribution in [0.4, 0.5) is 0 Å². The Morgan fingerprint density at radius 3 is 2.67 bits per heavy atom. The average Bonchev–Trinajstić information content (AvgIpc) is 2.48. The van der Waals surface area contributed by atoms with Gasteiger partial charge in [-0.15, -0.1) is 0 Å². The molecule has 0 spiro atoms. The molecule has 1 aliphatic rings. The van der Waals surface area contributed by atoms with E-state index in [9.17, 15) is 0 Å². The molecule has 1 heterocycles. The average molecular weight is 357 g/mol. The Kier molecular flexibility index (Phi) is 5.90. The molecule has 4 nitrogen and oxygen atoms in total. The van der Waals surface area contributed by atoms with Crippen LogP contribution in [0, 0.1) is 5.92 Å². The summed E-state index contributed by atoms with van der Waals surface area (Å²) in [6.45, 7) is 5.15. The fourth-order valence-corrected chi connectivity index (χ4v) is 3.44. The molecule has 1 fully saturated rings. The van der Waals surface area contributed by atoms with Gasteiger partial charge in [-0.05, 0) is 60.3 Å². The van der Waals surface area contributed by atoms with Crippen LogP contribution < -0.4 is 15.2 Å². The van der Waals surface area contributed by atoms with Gasteiger partial charge in [0, 0.05) is 24.7 Å². The van der Waals surface area contributed by atoms with Gasteiger partial charge in [0.15, 0.2) is 0 Å². The summed E-state index contributed by atoms with van der Waals surface area (Å²) >= 11 is 3.50. The molecule has 2 unspecified atom stereocenters. The van der Waals surface area contributed by atoms with Crippen LogP contribution in [0.5, 0.6) is 11.5 Å². The van der Waals surface area contributed by atoms with Gasteiger partial charge in [0.2, 0.25) is 0 Å². The Bertz CT molecular complexity index is 480. The molecule has 21 heavy (non-hydrogen) atoms. The van der Waals surface area contributed by atoms with E-state index in [0.29, 0.717) is 5.92 Å². The van der Waals surface area contributed by atoms with Crippen molar-refractivity contribution in [3.8, 4) is 11.5 Å². The number of hydrogen-bond acceptors (Lipinski definition) is 4. The molecular formula is C16H25BrN2O2. The summed E-state index contributed by atoms with van der Waals surface area (Å²) in [6, 6.07) is 4.29. The van der Waals surface area contributed by atoms with Crippen LogP contribution in [-0.4, -0.2) is 38.3 Å². The van der Waals surface area contributed by atoms with E-state index in [1.165, 1.54) is 12.8 Å². The number of nitrogens with zero attached hydrogens (tertiary/aromatic N) is 1. The van der Waals surface area contributed by atoms with E-state index < -0.39 is 0 Å². The van der Waals surface area contributed by atoms with E-state index in [1.54, 1.807) is 14.2 Å². The van der Waals surface area contributed by atoms with Gasteiger partial charge < -0.3 is 15.2 Å². The van der Waals surface area contributed by atoms with Crippen LogP contribution in [-0.2, 0) is 6.54 Å². The maximum absolute atomic E-state index is 6.07. The lowest BCUT2D eigenvalue weighted by molar-refractivity contribution is 0.153. The largest absolute Gasteiger partial charge is 0.496 e. The molecule has 2 atom stereocenters. The smallest absolute Gasteiger partial charge is 0.133 e. The van der Waals surface area contributed by atoms with Crippen molar-refractivity contribution in [1.29, 1.82) is 0 Å². The van der Waals surface area contributed by atoms with Crippen molar-refractivity contribution in [3.63, 3.8) is 0 Å². The molecule has 1 saturated heterocycles. The molecule has 0 amide bonds. The first-order chi connectivity index (χ1) is 10.0. The van der Waals surface area contributed by atoms with Gasteiger partial charge in [0.25, 0.3) is 0 Å². The number of likely N-dealkylation sites (tertiary alicyclic amines) is 1. The number of rotatable bonds is 5. The van der Waals surface area contributed by atoms with Crippen molar-refractivity contribution in [2.75, 3.05) is 27.3 Å². The van der Waals surface area contributed by atoms with E-state index in [0.717, 1.165) is 41.2 Å². The summed E-state index contributed by atoms with van der Waals surface area (Å²) in [4.78, 5) is 2.46. The predicted molar refractivity (Wildman–Crippen MR) is 88.9 cm³/mol. The van der Waals surface area contributed by atoms with Gasteiger partial charge in [-0.1, -0.05) is 0 Å². The van der Waals surface area contributed by atoms with E-state index in [1.807, 2.05) is 6.07 Å². The number of hydrogen-bond donors (Lipinski definition) is 1. The lowest BCUT2D eigenvalue weighted by atomic mass is 9.92. The van der Waals surface area contributed by atoms with Gasteiger partial charge >= 0.3 is 0 Å². The highest BCUT2D eigenvalue weighted by atomic mass is 79.9. The molecule has 1 aromatic carbocycles. The van der Waals surface area contributed by atoms with Crippen molar-refractivity contribution in [1.82, 2.24) is 4.90 Å². The standard InChI is InChI=1S/C16H25BrN2O2/c1-11(18)12-5-4-6-19(9-12)10-13-7-16(21-3)14(17)8-15(13)20-2/h7-8,11-12H,4-6,9-10,18H2,1-3H3. The maximum atomic E-state index is 6.07. The van der Waals surface area contributed by atoms with E-state index >= 15 is 0 Å². The van der Waals surface area contributed by atoms with Gasteiger partial charge in [0.1, 0.15) is 11.5 Å². The molecular weight excluding hydrogens is 332 g/mol. The SMILES string of the molecule is COc1cc(CN2CCCC(C(C)N)C2)c(OC)cc1Br. The molecule has 2 N–H and O–H groups in total. The normalized spacial score (nSPS) is 21.1. The highest BCUT2D eigenvalue weighted by molar-refractivity contribution is 9.10. The molecule has 2 rings (SSSR count). The molecule has 0 bridgehead atoms. The van der Waals surface area contributed by atoms with Crippen LogP contribution >= 0.6 is 15.9 Å². The number of nitrogens with two attached hydrogens (primary N) is 1.